The predicted molar refractivity (Wildman–Crippen MR) is 83.7 cm³/mol. The smallest absolute Gasteiger partial charge is 0.110 e. The summed E-state index contributed by atoms with van der Waals surface area (Å²) in [6.45, 7) is 3.20. The molecule has 3 heteroatoms. The number of hydrogen-bond donors (Lipinski definition) is 1. The molecule has 2 atom stereocenters. The average molecular weight is 271 g/mol. The van der Waals surface area contributed by atoms with Crippen molar-refractivity contribution in [1.82, 2.24) is 9.55 Å². The van der Waals surface area contributed by atoms with Crippen LogP contribution in [0.1, 0.15) is 44.9 Å². The second-order valence-electron chi connectivity index (χ2n) is 6.11. The maximum atomic E-state index is 6.20. The molecular formula is C17H25N3. The molecule has 0 bridgehead atoms. The van der Waals surface area contributed by atoms with Gasteiger partial charge in [-0.1, -0.05) is 25.0 Å². The summed E-state index contributed by atoms with van der Waals surface area (Å²) in [6, 6.07) is 8.85. The first-order valence-corrected chi connectivity index (χ1v) is 7.97. The molecule has 1 aromatic carbocycles. The van der Waals surface area contributed by atoms with Crippen molar-refractivity contribution in [3.63, 3.8) is 0 Å². The molecule has 0 spiro atoms. The zero-order valence-electron chi connectivity index (χ0n) is 12.4. The van der Waals surface area contributed by atoms with E-state index in [2.05, 4.69) is 35.8 Å². The Balaban J connectivity index is 1.86. The van der Waals surface area contributed by atoms with E-state index < -0.39 is 0 Å². The SMILES string of the molecule is CCn1c(CC2CCCCC(N)C2)nc2ccccc21. The highest BCUT2D eigenvalue weighted by Gasteiger charge is 2.20. The van der Waals surface area contributed by atoms with Crippen LogP contribution in [-0.4, -0.2) is 15.6 Å². The van der Waals surface area contributed by atoms with Gasteiger partial charge in [0.25, 0.3) is 0 Å². The van der Waals surface area contributed by atoms with E-state index >= 15 is 0 Å². The first kappa shape index (κ1) is 13.6. The van der Waals surface area contributed by atoms with Gasteiger partial charge in [0, 0.05) is 19.0 Å². The Kier molecular flexibility index (Phi) is 4.06. The Bertz CT molecular complexity index is 573. The number of hydrogen-bond acceptors (Lipinski definition) is 2. The van der Waals surface area contributed by atoms with Crippen LogP contribution >= 0.6 is 0 Å². The fraction of sp³-hybridized carbons (Fsp3) is 0.588. The van der Waals surface area contributed by atoms with Gasteiger partial charge < -0.3 is 10.3 Å². The molecule has 1 aliphatic carbocycles. The van der Waals surface area contributed by atoms with Gasteiger partial charge in [-0.25, -0.2) is 4.98 Å². The Morgan fingerprint density at radius 1 is 1.25 bits per heavy atom. The molecular weight excluding hydrogens is 246 g/mol. The maximum absolute atomic E-state index is 6.20. The normalized spacial score (nSPS) is 23.9. The summed E-state index contributed by atoms with van der Waals surface area (Å²) in [5, 5.41) is 0. The highest BCUT2D eigenvalue weighted by molar-refractivity contribution is 5.75. The van der Waals surface area contributed by atoms with Gasteiger partial charge in [0.05, 0.1) is 11.0 Å². The van der Waals surface area contributed by atoms with Crippen LogP contribution < -0.4 is 5.73 Å². The van der Waals surface area contributed by atoms with Gasteiger partial charge in [0.15, 0.2) is 0 Å². The van der Waals surface area contributed by atoms with Crippen molar-refractivity contribution in [2.75, 3.05) is 0 Å². The molecule has 0 aliphatic heterocycles. The van der Waals surface area contributed by atoms with Gasteiger partial charge in [0.1, 0.15) is 5.82 Å². The van der Waals surface area contributed by atoms with E-state index in [0.717, 1.165) is 24.9 Å². The second kappa shape index (κ2) is 5.96. The molecule has 0 amide bonds. The van der Waals surface area contributed by atoms with E-state index in [1.54, 1.807) is 0 Å². The van der Waals surface area contributed by atoms with Crippen molar-refractivity contribution in [2.24, 2.45) is 11.7 Å². The third kappa shape index (κ3) is 2.73. The van der Waals surface area contributed by atoms with Crippen LogP contribution in [0.25, 0.3) is 11.0 Å². The number of aromatic nitrogens is 2. The van der Waals surface area contributed by atoms with Crippen molar-refractivity contribution < 1.29 is 0 Å². The zero-order chi connectivity index (χ0) is 13.9. The Morgan fingerprint density at radius 3 is 2.90 bits per heavy atom. The minimum atomic E-state index is 0.391. The molecule has 1 fully saturated rings. The lowest BCUT2D eigenvalue weighted by Gasteiger charge is -2.17. The molecule has 1 heterocycles. The van der Waals surface area contributed by atoms with Gasteiger partial charge >= 0.3 is 0 Å². The summed E-state index contributed by atoms with van der Waals surface area (Å²) in [4.78, 5) is 4.86. The van der Waals surface area contributed by atoms with Crippen LogP contribution in [-0.2, 0) is 13.0 Å². The number of aryl methyl sites for hydroxylation is 1. The topological polar surface area (TPSA) is 43.8 Å². The average Bonchev–Trinajstić information content (AvgIpc) is 2.66. The number of para-hydroxylation sites is 2. The van der Waals surface area contributed by atoms with E-state index in [1.165, 1.54) is 37.0 Å². The van der Waals surface area contributed by atoms with Crippen molar-refractivity contribution in [3.05, 3.63) is 30.1 Å². The van der Waals surface area contributed by atoms with Gasteiger partial charge in [-0.05, 0) is 44.2 Å². The van der Waals surface area contributed by atoms with Gasteiger partial charge in [0.2, 0.25) is 0 Å². The number of nitrogens with two attached hydrogens (primary N) is 1. The van der Waals surface area contributed by atoms with Crippen molar-refractivity contribution in [1.29, 1.82) is 0 Å². The first-order valence-electron chi connectivity index (χ1n) is 7.97. The Hall–Kier alpha value is -1.35. The highest BCUT2D eigenvalue weighted by Crippen LogP contribution is 2.27. The highest BCUT2D eigenvalue weighted by atomic mass is 15.1. The number of fused-ring (bicyclic) bond motifs is 1. The fourth-order valence-corrected chi connectivity index (χ4v) is 3.58. The molecule has 1 saturated carbocycles. The van der Waals surface area contributed by atoms with Crippen molar-refractivity contribution in [3.8, 4) is 0 Å². The van der Waals surface area contributed by atoms with Gasteiger partial charge in [-0.3, -0.25) is 0 Å². The first-order chi connectivity index (χ1) is 9.78. The molecule has 2 N–H and O–H groups in total. The lowest BCUT2D eigenvalue weighted by atomic mass is 9.94. The molecule has 2 unspecified atom stereocenters. The zero-order valence-corrected chi connectivity index (χ0v) is 12.4. The summed E-state index contributed by atoms with van der Waals surface area (Å²) in [5.41, 5.74) is 8.59. The maximum Gasteiger partial charge on any atom is 0.110 e. The lowest BCUT2D eigenvalue weighted by molar-refractivity contribution is 0.417. The molecule has 1 aliphatic rings. The monoisotopic (exact) mass is 271 g/mol. The molecule has 108 valence electrons. The van der Waals surface area contributed by atoms with E-state index in [4.69, 9.17) is 10.7 Å². The molecule has 3 rings (SSSR count). The number of rotatable bonds is 3. The summed E-state index contributed by atoms with van der Waals surface area (Å²) in [6.07, 6.45) is 7.36. The Morgan fingerprint density at radius 2 is 2.05 bits per heavy atom. The van der Waals surface area contributed by atoms with E-state index in [-0.39, 0.29) is 0 Å². The van der Waals surface area contributed by atoms with E-state index in [0.29, 0.717) is 12.0 Å². The standard InChI is InChI=1S/C17H25N3/c1-2-20-16-10-6-5-9-15(16)19-17(20)12-13-7-3-4-8-14(18)11-13/h5-6,9-10,13-14H,2-4,7-8,11-12,18H2,1H3. The van der Waals surface area contributed by atoms with E-state index in [1.807, 2.05) is 0 Å². The number of nitrogens with zero attached hydrogens (tertiary/aromatic N) is 2. The van der Waals surface area contributed by atoms with Crippen LogP contribution in [0, 0.1) is 5.92 Å². The molecule has 20 heavy (non-hydrogen) atoms. The van der Waals surface area contributed by atoms with Crippen LogP contribution in [0.4, 0.5) is 0 Å². The summed E-state index contributed by atoms with van der Waals surface area (Å²) >= 11 is 0. The molecule has 1 aromatic heterocycles. The summed E-state index contributed by atoms with van der Waals surface area (Å²) in [7, 11) is 0. The summed E-state index contributed by atoms with van der Waals surface area (Å²) in [5.74, 6) is 1.95. The third-order valence-electron chi connectivity index (χ3n) is 4.59. The predicted octanol–water partition coefficient (Wildman–Crippen LogP) is 3.51. The quantitative estimate of drug-likeness (QED) is 0.868. The lowest BCUT2D eigenvalue weighted by Crippen LogP contribution is -2.23. The van der Waals surface area contributed by atoms with Crippen molar-refractivity contribution >= 4 is 11.0 Å². The molecule has 0 saturated heterocycles. The number of benzene rings is 1. The van der Waals surface area contributed by atoms with Crippen LogP contribution in [0.5, 0.6) is 0 Å². The van der Waals surface area contributed by atoms with Gasteiger partial charge in [-0.2, -0.15) is 0 Å². The fourth-order valence-electron chi connectivity index (χ4n) is 3.58. The van der Waals surface area contributed by atoms with Crippen molar-refractivity contribution in [2.45, 2.75) is 58.0 Å². The minimum absolute atomic E-state index is 0.391. The molecule has 2 aromatic rings. The largest absolute Gasteiger partial charge is 0.328 e. The van der Waals surface area contributed by atoms with E-state index in [9.17, 15) is 0 Å². The molecule has 0 radical (unpaired) electrons. The van der Waals surface area contributed by atoms with Crippen LogP contribution in [0.2, 0.25) is 0 Å². The number of imidazole rings is 1. The van der Waals surface area contributed by atoms with Gasteiger partial charge in [-0.15, -0.1) is 0 Å². The Labute approximate surface area is 121 Å². The second-order valence-corrected chi connectivity index (χ2v) is 6.11. The molecule has 3 nitrogen and oxygen atoms in total. The van der Waals surface area contributed by atoms with Crippen LogP contribution in [0.3, 0.4) is 0 Å². The summed E-state index contributed by atoms with van der Waals surface area (Å²) < 4.78 is 2.37. The third-order valence-corrected chi connectivity index (χ3v) is 4.59. The van der Waals surface area contributed by atoms with Crippen LogP contribution in [0.15, 0.2) is 24.3 Å². The minimum Gasteiger partial charge on any atom is -0.328 e.